The van der Waals surface area contributed by atoms with Gasteiger partial charge in [-0.05, 0) is 59.9 Å². The first-order valence-corrected chi connectivity index (χ1v) is 20.4. The minimum atomic E-state index is -0.535. The molecular formula is C43H46ClF2N11O3. The van der Waals surface area contributed by atoms with Gasteiger partial charge in [0.05, 0.1) is 40.8 Å². The van der Waals surface area contributed by atoms with Crippen LogP contribution in [0.1, 0.15) is 91.0 Å². The summed E-state index contributed by atoms with van der Waals surface area (Å²) in [5.41, 5.74) is 4.09. The number of amides is 1. The molecule has 0 spiro atoms. The van der Waals surface area contributed by atoms with Gasteiger partial charge >= 0.3 is 0 Å². The summed E-state index contributed by atoms with van der Waals surface area (Å²) in [7, 11) is 1.76. The molecule has 60 heavy (non-hydrogen) atoms. The van der Waals surface area contributed by atoms with Gasteiger partial charge in [-0.25, -0.2) is 28.8 Å². The Balaban J connectivity index is 0.000000167. The third kappa shape index (κ3) is 8.06. The number of anilines is 2. The van der Waals surface area contributed by atoms with Gasteiger partial charge in [-0.2, -0.15) is 10.2 Å². The van der Waals surface area contributed by atoms with Crippen LogP contribution in [-0.2, 0) is 11.8 Å². The highest BCUT2D eigenvalue weighted by atomic mass is 35.5. The van der Waals surface area contributed by atoms with E-state index in [9.17, 15) is 23.5 Å². The van der Waals surface area contributed by atoms with Crippen molar-refractivity contribution in [3.8, 4) is 0 Å². The number of nitrogens with one attached hydrogen (secondary N) is 3. The lowest BCUT2D eigenvalue weighted by atomic mass is 9.83. The Morgan fingerprint density at radius 1 is 0.967 bits per heavy atom. The summed E-state index contributed by atoms with van der Waals surface area (Å²) in [5.74, 6) is 0.303. The Hall–Kier alpha value is -5.84. The number of hydrogen-bond acceptors (Lipinski definition) is 11. The van der Waals surface area contributed by atoms with Gasteiger partial charge in [0.1, 0.15) is 35.9 Å². The molecule has 14 nitrogen and oxygen atoms in total. The van der Waals surface area contributed by atoms with E-state index in [1.165, 1.54) is 30.6 Å². The van der Waals surface area contributed by atoms with E-state index in [4.69, 9.17) is 11.6 Å². The highest BCUT2D eigenvalue weighted by Crippen LogP contribution is 2.46. The molecule has 5 heterocycles. The molecule has 6 aromatic rings. The molecule has 312 valence electrons. The highest BCUT2D eigenvalue weighted by molar-refractivity contribution is 6.30. The van der Waals surface area contributed by atoms with Crippen molar-refractivity contribution >= 4 is 39.8 Å². The van der Waals surface area contributed by atoms with E-state index in [2.05, 4.69) is 66.6 Å². The number of carbonyl (C=O) groups is 1. The van der Waals surface area contributed by atoms with Crippen LogP contribution < -0.4 is 21.1 Å². The molecular weight excluding hydrogens is 792 g/mol. The number of aliphatic hydroxyl groups excluding tert-OH is 1. The van der Waals surface area contributed by atoms with Gasteiger partial charge in [0.2, 0.25) is 5.91 Å². The zero-order chi connectivity index (χ0) is 42.2. The van der Waals surface area contributed by atoms with Crippen molar-refractivity contribution in [3.05, 3.63) is 134 Å². The molecule has 3 aromatic heterocycles. The summed E-state index contributed by atoms with van der Waals surface area (Å²) in [6.45, 7) is 9.57. The van der Waals surface area contributed by atoms with Gasteiger partial charge < -0.3 is 25.5 Å². The smallest absolute Gasteiger partial charge is 0.272 e. The van der Waals surface area contributed by atoms with Crippen LogP contribution in [0.3, 0.4) is 0 Å². The molecule has 17 heteroatoms. The number of fused-ring (bicyclic) bond motifs is 1. The molecule has 0 bridgehead atoms. The number of aliphatic hydroxyl groups is 1. The average molecular weight is 838 g/mol. The van der Waals surface area contributed by atoms with Crippen molar-refractivity contribution in [1.29, 1.82) is 0 Å². The fourth-order valence-corrected chi connectivity index (χ4v) is 8.68. The Morgan fingerprint density at radius 3 is 2.38 bits per heavy atom. The fourth-order valence-electron chi connectivity index (χ4n) is 8.55. The SMILES string of the molecule is CC(C)NCC(C(=O)N1CCN(c2ncnc3c2C(C)CC3O)CC1)c1ccc(Cl)cc1.Cn1ncnc1[C@H]1c2n[nH]c(=O)c3cc(F)cc(c23)N[C@@H]1c1ccc(F)cc1. The lowest BCUT2D eigenvalue weighted by Crippen LogP contribution is -2.51. The van der Waals surface area contributed by atoms with Gasteiger partial charge in [-0.3, -0.25) is 14.3 Å². The number of H-pyrrole nitrogens is 1. The maximum absolute atomic E-state index is 14.1. The van der Waals surface area contributed by atoms with Crippen LogP contribution >= 0.6 is 11.6 Å². The van der Waals surface area contributed by atoms with E-state index < -0.39 is 29.4 Å². The number of aromatic nitrogens is 7. The second-order valence-corrected chi connectivity index (χ2v) is 16.3. The van der Waals surface area contributed by atoms with E-state index in [0.717, 1.165) is 28.2 Å². The Morgan fingerprint density at radius 2 is 1.70 bits per heavy atom. The molecule has 5 atom stereocenters. The van der Waals surface area contributed by atoms with Crippen molar-refractivity contribution in [1.82, 2.24) is 45.1 Å². The topological polar surface area (TPSA) is 170 Å². The molecule has 1 amide bonds. The Bertz CT molecular complexity index is 2560. The average Bonchev–Trinajstić information content (AvgIpc) is 3.80. The molecule has 4 N–H and O–H groups in total. The second kappa shape index (κ2) is 17.0. The Kier molecular flexibility index (Phi) is 11.6. The molecule has 1 fully saturated rings. The van der Waals surface area contributed by atoms with Crippen LogP contribution in [0, 0.1) is 11.6 Å². The monoisotopic (exact) mass is 837 g/mol. The largest absolute Gasteiger partial charge is 0.387 e. The Labute approximate surface area is 350 Å². The lowest BCUT2D eigenvalue weighted by Gasteiger charge is -2.38. The summed E-state index contributed by atoms with van der Waals surface area (Å²) in [4.78, 5) is 43.1. The predicted octanol–water partition coefficient (Wildman–Crippen LogP) is 5.73. The number of hydrogen-bond donors (Lipinski definition) is 4. The van der Waals surface area contributed by atoms with Crippen LogP contribution in [-0.4, -0.2) is 89.6 Å². The minimum absolute atomic E-state index is 0.136. The zero-order valence-corrected chi connectivity index (χ0v) is 34.4. The number of aryl methyl sites for hydroxylation is 1. The summed E-state index contributed by atoms with van der Waals surface area (Å²) in [6, 6.07) is 16.0. The predicted molar refractivity (Wildman–Crippen MR) is 224 cm³/mol. The first-order valence-electron chi connectivity index (χ1n) is 20.0. The minimum Gasteiger partial charge on any atom is -0.387 e. The van der Waals surface area contributed by atoms with Crippen LogP contribution in [0.25, 0.3) is 10.8 Å². The maximum Gasteiger partial charge on any atom is 0.272 e. The highest BCUT2D eigenvalue weighted by Gasteiger charge is 2.38. The second-order valence-electron chi connectivity index (χ2n) is 15.8. The first kappa shape index (κ1) is 40.9. The standard InChI is InChI=1S/C24H32ClN5O2.C19H14F2N6O/c1-15(2)26-13-19(17-4-6-18(25)7-5-17)24(32)30-10-8-29(9-11-30)23-21-16(3)12-20(31)22(21)27-14-28-23;1-27-18(22-8-23-27)15-16(9-2-4-10(20)5-3-9)24-13-7-11(21)6-12-14(13)17(15)25-26-19(12)28/h4-7,14-16,19-20,26,31H,8-13H2,1-3H3;2-8,15-16,24H,1H3,(H,26,28)/t;15-,16-/m.1/s1. The van der Waals surface area contributed by atoms with Crippen molar-refractivity contribution in [2.45, 2.75) is 63.1 Å². The summed E-state index contributed by atoms with van der Waals surface area (Å²) < 4.78 is 29.2. The third-order valence-corrected chi connectivity index (χ3v) is 11.8. The van der Waals surface area contributed by atoms with Crippen LogP contribution in [0.2, 0.25) is 5.02 Å². The van der Waals surface area contributed by atoms with Gasteiger partial charge in [0, 0.05) is 67.5 Å². The number of carbonyl (C=O) groups excluding carboxylic acids is 1. The molecule has 3 unspecified atom stereocenters. The molecule has 3 aliphatic rings. The quantitative estimate of drug-likeness (QED) is 0.148. The van der Waals surface area contributed by atoms with Crippen molar-refractivity contribution in [3.63, 3.8) is 0 Å². The zero-order valence-electron chi connectivity index (χ0n) is 33.6. The molecule has 0 saturated carbocycles. The van der Waals surface area contributed by atoms with Crippen LogP contribution in [0.15, 0.2) is 78.1 Å². The number of piperazine rings is 1. The van der Waals surface area contributed by atoms with Crippen LogP contribution in [0.5, 0.6) is 0 Å². The van der Waals surface area contributed by atoms with E-state index in [1.807, 2.05) is 29.2 Å². The number of nitrogens with zero attached hydrogens (tertiary/aromatic N) is 8. The van der Waals surface area contributed by atoms with Gasteiger partial charge in [-0.1, -0.05) is 56.6 Å². The van der Waals surface area contributed by atoms with Crippen molar-refractivity contribution in [2.75, 3.05) is 42.9 Å². The summed E-state index contributed by atoms with van der Waals surface area (Å²) in [5, 5.41) is 29.3. The number of benzene rings is 3. The van der Waals surface area contributed by atoms with E-state index in [1.54, 1.807) is 30.2 Å². The van der Waals surface area contributed by atoms with E-state index in [0.29, 0.717) is 72.8 Å². The maximum atomic E-state index is 14.1. The van der Waals surface area contributed by atoms with Gasteiger partial charge in [0.15, 0.2) is 0 Å². The van der Waals surface area contributed by atoms with Crippen LogP contribution in [0.4, 0.5) is 20.3 Å². The molecule has 9 rings (SSSR count). The third-order valence-electron chi connectivity index (χ3n) is 11.5. The molecule has 1 aliphatic carbocycles. The van der Waals surface area contributed by atoms with E-state index in [-0.39, 0.29) is 28.9 Å². The van der Waals surface area contributed by atoms with Crippen molar-refractivity contribution in [2.24, 2.45) is 7.05 Å². The number of aromatic amines is 1. The molecule has 0 radical (unpaired) electrons. The lowest BCUT2D eigenvalue weighted by molar-refractivity contribution is -0.133. The van der Waals surface area contributed by atoms with Crippen molar-refractivity contribution < 1.29 is 18.7 Å². The molecule has 2 aliphatic heterocycles. The normalized spacial score (nSPS) is 20.1. The summed E-state index contributed by atoms with van der Waals surface area (Å²) >= 11 is 6.06. The van der Waals surface area contributed by atoms with Gasteiger partial charge in [0.25, 0.3) is 5.56 Å². The summed E-state index contributed by atoms with van der Waals surface area (Å²) in [6.07, 6.45) is 3.14. The fraction of sp³-hybridized carbons (Fsp3) is 0.372. The van der Waals surface area contributed by atoms with Gasteiger partial charge in [-0.15, -0.1) is 0 Å². The number of halogens is 3. The van der Waals surface area contributed by atoms with E-state index >= 15 is 0 Å². The molecule has 1 saturated heterocycles. The molecule has 3 aromatic carbocycles. The number of rotatable bonds is 8. The first-order chi connectivity index (χ1) is 28.9.